The Bertz CT molecular complexity index is 388. The number of hydrogen-bond donors (Lipinski definition) is 2. The van der Waals surface area contributed by atoms with Crippen molar-refractivity contribution in [3.8, 4) is 0 Å². The highest BCUT2D eigenvalue weighted by atomic mass is 16.3. The van der Waals surface area contributed by atoms with E-state index in [1.165, 1.54) is 0 Å². The molecule has 1 rings (SSSR count). The summed E-state index contributed by atoms with van der Waals surface area (Å²) in [5, 5.41) is 12.8. The number of hydrogen-bond acceptors (Lipinski definition) is 3. The molecule has 1 aromatic rings. The largest absolute Gasteiger partial charge is 0.387 e. The summed E-state index contributed by atoms with van der Waals surface area (Å²) in [6.07, 6.45) is 1.17. The summed E-state index contributed by atoms with van der Waals surface area (Å²) in [5.74, 6) is -0.0251. The first kappa shape index (κ1) is 15.7. The molecule has 0 saturated heterocycles. The highest BCUT2D eigenvalue weighted by molar-refractivity contribution is 5.76. The van der Waals surface area contributed by atoms with Crippen LogP contribution in [0.3, 0.4) is 0 Å². The van der Waals surface area contributed by atoms with E-state index in [0.717, 1.165) is 12.0 Å². The van der Waals surface area contributed by atoms with E-state index in [1.807, 2.05) is 49.3 Å². The molecule has 4 nitrogen and oxygen atoms in total. The third-order valence-electron chi connectivity index (χ3n) is 2.81. The second-order valence-electron chi connectivity index (χ2n) is 5.50. The van der Waals surface area contributed by atoms with Crippen LogP contribution in [0, 0.1) is 0 Å². The summed E-state index contributed by atoms with van der Waals surface area (Å²) in [6, 6.07) is 9.91. The first-order chi connectivity index (χ1) is 8.89. The molecule has 0 heterocycles. The number of rotatable bonds is 7. The lowest BCUT2D eigenvalue weighted by Gasteiger charge is -2.27. The Balaban J connectivity index is 2.28. The molecule has 106 valence electrons. The summed E-state index contributed by atoms with van der Waals surface area (Å²) in [4.78, 5) is 13.6. The third-order valence-corrected chi connectivity index (χ3v) is 2.81. The summed E-state index contributed by atoms with van der Waals surface area (Å²) >= 11 is 0. The molecule has 0 aliphatic heterocycles. The van der Waals surface area contributed by atoms with Gasteiger partial charge in [-0.1, -0.05) is 30.3 Å². The van der Waals surface area contributed by atoms with E-state index in [2.05, 4.69) is 5.32 Å². The van der Waals surface area contributed by atoms with Crippen LogP contribution in [-0.2, 0) is 11.2 Å². The minimum Gasteiger partial charge on any atom is -0.387 e. The lowest BCUT2D eigenvalue weighted by Crippen LogP contribution is -2.47. The van der Waals surface area contributed by atoms with Crippen molar-refractivity contribution in [3.05, 3.63) is 35.9 Å². The molecule has 0 aliphatic carbocycles. The number of carbonyl (C=O) groups excluding carboxylic acids is 1. The molecular formula is C15H24N2O2. The van der Waals surface area contributed by atoms with Gasteiger partial charge in [0.2, 0.25) is 5.91 Å². The molecule has 0 aliphatic rings. The molecule has 0 spiro atoms. The zero-order valence-electron chi connectivity index (χ0n) is 12.0. The number of aliphatic hydroxyl groups is 1. The van der Waals surface area contributed by atoms with E-state index >= 15 is 0 Å². The fourth-order valence-electron chi connectivity index (χ4n) is 2.02. The molecule has 0 saturated carbocycles. The fraction of sp³-hybridized carbons (Fsp3) is 0.533. The van der Waals surface area contributed by atoms with Crippen molar-refractivity contribution in [2.75, 3.05) is 27.2 Å². The number of nitrogens with zero attached hydrogens (tertiary/aromatic N) is 1. The second kappa shape index (κ2) is 7.26. The van der Waals surface area contributed by atoms with Gasteiger partial charge in [0.1, 0.15) is 0 Å². The molecule has 1 aromatic carbocycles. The Hall–Kier alpha value is -1.39. The standard InChI is InChI=1S/C15H24N2O2/c1-15(19,12-17(2)3)11-16-14(18)10-9-13-7-5-4-6-8-13/h4-8,19H,9-12H2,1-3H3,(H,16,18). The Kier molecular flexibility index (Phi) is 5.99. The van der Waals surface area contributed by atoms with E-state index < -0.39 is 5.60 Å². The Labute approximate surface area is 115 Å². The van der Waals surface area contributed by atoms with Crippen LogP contribution in [0.2, 0.25) is 0 Å². The number of benzene rings is 1. The van der Waals surface area contributed by atoms with Crippen molar-refractivity contribution in [1.29, 1.82) is 0 Å². The van der Waals surface area contributed by atoms with Crippen LogP contribution in [0.5, 0.6) is 0 Å². The van der Waals surface area contributed by atoms with Crippen LogP contribution in [0.1, 0.15) is 18.9 Å². The zero-order chi connectivity index (χ0) is 14.3. The van der Waals surface area contributed by atoms with E-state index in [1.54, 1.807) is 6.92 Å². The summed E-state index contributed by atoms with van der Waals surface area (Å²) < 4.78 is 0. The van der Waals surface area contributed by atoms with Crippen LogP contribution < -0.4 is 5.32 Å². The molecule has 0 fully saturated rings. The quantitative estimate of drug-likeness (QED) is 0.774. The van der Waals surface area contributed by atoms with Gasteiger partial charge in [-0.2, -0.15) is 0 Å². The van der Waals surface area contributed by atoms with E-state index in [9.17, 15) is 9.90 Å². The van der Waals surface area contributed by atoms with Crippen molar-refractivity contribution in [2.24, 2.45) is 0 Å². The van der Waals surface area contributed by atoms with Gasteiger partial charge in [0.05, 0.1) is 5.60 Å². The molecule has 0 aromatic heterocycles. The maximum atomic E-state index is 11.7. The van der Waals surface area contributed by atoms with Gasteiger partial charge >= 0.3 is 0 Å². The molecule has 1 unspecified atom stereocenters. The molecule has 2 N–H and O–H groups in total. The van der Waals surface area contributed by atoms with Crippen molar-refractivity contribution in [2.45, 2.75) is 25.4 Å². The molecular weight excluding hydrogens is 240 g/mol. The molecule has 0 radical (unpaired) electrons. The van der Waals surface area contributed by atoms with E-state index in [4.69, 9.17) is 0 Å². The average Bonchev–Trinajstić information content (AvgIpc) is 2.34. The SMILES string of the molecule is CN(C)CC(C)(O)CNC(=O)CCc1ccccc1. The van der Waals surface area contributed by atoms with Gasteiger partial charge in [-0.25, -0.2) is 0 Å². The summed E-state index contributed by atoms with van der Waals surface area (Å²) in [7, 11) is 3.79. The number of nitrogens with one attached hydrogen (secondary N) is 1. The highest BCUT2D eigenvalue weighted by Crippen LogP contribution is 2.04. The normalized spacial score (nSPS) is 14.2. The van der Waals surface area contributed by atoms with Crippen molar-refractivity contribution >= 4 is 5.91 Å². The van der Waals surface area contributed by atoms with Gasteiger partial charge < -0.3 is 15.3 Å². The Morgan fingerprint density at radius 2 is 1.95 bits per heavy atom. The maximum absolute atomic E-state index is 11.7. The fourth-order valence-corrected chi connectivity index (χ4v) is 2.02. The predicted molar refractivity (Wildman–Crippen MR) is 77.0 cm³/mol. The minimum absolute atomic E-state index is 0.0251. The van der Waals surface area contributed by atoms with Gasteiger partial charge in [-0.05, 0) is 33.0 Å². The molecule has 1 atom stereocenters. The van der Waals surface area contributed by atoms with Crippen LogP contribution >= 0.6 is 0 Å². The van der Waals surface area contributed by atoms with Gasteiger partial charge in [0, 0.05) is 19.5 Å². The third kappa shape index (κ3) is 6.94. The topological polar surface area (TPSA) is 52.6 Å². The molecule has 4 heteroatoms. The first-order valence-electron chi connectivity index (χ1n) is 6.57. The van der Waals surface area contributed by atoms with Crippen molar-refractivity contribution in [3.63, 3.8) is 0 Å². The molecule has 1 amide bonds. The van der Waals surface area contributed by atoms with E-state index in [-0.39, 0.29) is 12.5 Å². The van der Waals surface area contributed by atoms with Crippen molar-refractivity contribution < 1.29 is 9.90 Å². The van der Waals surface area contributed by atoms with Crippen LogP contribution in [0.4, 0.5) is 0 Å². The smallest absolute Gasteiger partial charge is 0.220 e. The minimum atomic E-state index is -0.897. The van der Waals surface area contributed by atoms with Gasteiger partial charge in [-0.3, -0.25) is 4.79 Å². The van der Waals surface area contributed by atoms with Crippen molar-refractivity contribution in [1.82, 2.24) is 10.2 Å². The second-order valence-corrected chi connectivity index (χ2v) is 5.50. The number of likely N-dealkylation sites (N-methyl/N-ethyl adjacent to an activating group) is 1. The number of aryl methyl sites for hydroxylation is 1. The monoisotopic (exact) mass is 264 g/mol. The lowest BCUT2D eigenvalue weighted by molar-refractivity contribution is -0.122. The van der Waals surface area contributed by atoms with Gasteiger partial charge in [-0.15, -0.1) is 0 Å². The predicted octanol–water partition coefficient (Wildman–Crippen LogP) is 1.05. The van der Waals surface area contributed by atoms with Gasteiger partial charge in [0.15, 0.2) is 0 Å². The van der Waals surface area contributed by atoms with E-state index in [0.29, 0.717) is 13.0 Å². The average molecular weight is 264 g/mol. The van der Waals surface area contributed by atoms with Gasteiger partial charge in [0.25, 0.3) is 0 Å². The lowest BCUT2D eigenvalue weighted by atomic mass is 10.1. The summed E-state index contributed by atoms with van der Waals surface area (Å²) in [5.41, 5.74) is 0.254. The highest BCUT2D eigenvalue weighted by Gasteiger charge is 2.21. The van der Waals surface area contributed by atoms with Crippen LogP contribution in [0.15, 0.2) is 30.3 Å². The molecule has 19 heavy (non-hydrogen) atoms. The Morgan fingerprint density at radius 1 is 1.32 bits per heavy atom. The molecule has 0 bridgehead atoms. The Morgan fingerprint density at radius 3 is 2.53 bits per heavy atom. The maximum Gasteiger partial charge on any atom is 0.220 e. The zero-order valence-corrected chi connectivity index (χ0v) is 12.0. The van der Waals surface area contributed by atoms with Crippen LogP contribution in [0.25, 0.3) is 0 Å². The first-order valence-corrected chi connectivity index (χ1v) is 6.57. The number of amides is 1. The summed E-state index contributed by atoms with van der Waals surface area (Å²) in [6.45, 7) is 2.52. The van der Waals surface area contributed by atoms with Crippen LogP contribution in [-0.4, -0.2) is 48.7 Å². The number of carbonyl (C=O) groups is 1.